The lowest BCUT2D eigenvalue weighted by Gasteiger charge is -2.40. The largest absolute Gasteiger partial charge is 0.330 e. The van der Waals surface area contributed by atoms with Crippen molar-refractivity contribution in [3.63, 3.8) is 0 Å². The fourth-order valence-corrected chi connectivity index (χ4v) is 2.40. The van der Waals surface area contributed by atoms with Crippen LogP contribution in [0.2, 0.25) is 0 Å². The van der Waals surface area contributed by atoms with E-state index in [0.717, 1.165) is 24.8 Å². The van der Waals surface area contributed by atoms with Crippen molar-refractivity contribution >= 4 is 11.6 Å². The highest BCUT2D eigenvalue weighted by Gasteiger charge is 2.37. The van der Waals surface area contributed by atoms with Crippen molar-refractivity contribution in [3.8, 4) is 0 Å². The van der Waals surface area contributed by atoms with Gasteiger partial charge in [0.2, 0.25) is 5.91 Å². The molecule has 0 saturated heterocycles. The van der Waals surface area contributed by atoms with Crippen molar-refractivity contribution in [1.29, 1.82) is 0 Å². The molecule has 3 nitrogen and oxygen atoms in total. The summed E-state index contributed by atoms with van der Waals surface area (Å²) in [5.41, 5.74) is 6.84. The smallest absolute Gasteiger partial charge is 0.225 e. The summed E-state index contributed by atoms with van der Waals surface area (Å²) in [5, 5.41) is 2.64. The Balaban J connectivity index is 2.00. The van der Waals surface area contributed by atoms with Crippen LogP contribution in [0.25, 0.3) is 0 Å². The standard InChI is InChI=1S/C14H19FN2O/c1-10-3-4-11(15)12(7-10)17-13(18)8-14(9-16)5-2-6-14/h3-4,7H,2,5-6,8-9,16H2,1H3,(H,17,18). The van der Waals surface area contributed by atoms with Gasteiger partial charge in [-0.3, -0.25) is 4.79 Å². The first kappa shape index (κ1) is 13.0. The number of hydrogen-bond donors (Lipinski definition) is 2. The lowest BCUT2D eigenvalue weighted by Crippen LogP contribution is -2.40. The van der Waals surface area contributed by atoms with Gasteiger partial charge >= 0.3 is 0 Å². The molecule has 3 N–H and O–H groups in total. The van der Waals surface area contributed by atoms with Gasteiger partial charge in [0.25, 0.3) is 0 Å². The first-order chi connectivity index (χ1) is 8.54. The lowest BCUT2D eigenvalue weighted by atomic mass is 9.66. The number of rotatable bonds is 4. The average Bonchev–Trinajstić information content (AvgIpc) is 2.28. The van der Waals surface area contributed by atoms with Gasteiger partial charge in [-0.25, -0.2) is 4.39 Å². The number of benzene rings is 1. The van der Waals surface area contributed by atoms with Gasteiger partial charge in [0, 0.05) is 6.42 Å². The third-order valence-corrected chi connectivity index (χ3v) is 3.78. The minimum atomic E-state index is -0.399. The van der Waals surface area contributed by atoms with Crippen molar-refractivity contribution in [2.45, 2.75) is 32.6 Å². The summed E-state index contributed by atoms with van der Waals surface area (Å²) in [4.78, 5) is 11.9. The molecule has 0 unspecified atom stereocenters. The summed E-state index contributed by atoms with van der Waals surface area (Å²) in [7, 11) is 0. The van der Waals surface area contributed by atoms with Crippen molar-refractivity contribution in [2.75, 3.05) is 11.9 Å². The van der Waals surface area contributed by atoms with Crippen LogP contribution in [0, 0.1) is 18.2 Å². The average molecular weight is 250 g/mol. The second-order valence-electron chi connectivity index (χ2n) is 5.27. The maximum Gasteiger partial charge on any atom is 0.225 e. The predicted octanol–water partition coefficient (Wildman–Crippen LogP) is 2.59. The normalized spacial score (nSPS) is 17.1. The molecule has 0 bridgehead atoms. The zero-order valence-corrected chi connectivity index (χ0v) is 10.6. The highest BCUT2D eigenvalue weighted by Crippen LogP contribution is 2.43. The summed E-state index contributed by atoms with van der Waals surface area (Å²) < 4.78 is 13.5. The molecule has 0 heterocycles. The molecule has 0 spiro atoms. The molecule has 1 aromatic carbocycles. The number of carbonyl (C=O) groups excluding carboxylic acids is 1. The number of anilines is 1. The van der Waals surface area contributed by atoms with Crippen molar-refractivity contribution in [1.82, 2.24) is 0 Å². The van der Waals surface area contributed by atoms with E-state index < -0.39 is 5.82 Å². The maximum atomic E-state index is 13.5. The lowest BCUT2D eigenvalue weighted by molar-refractivity contribution is -0.119. The van der Waals surface area contributed by atoms with Gasteiger partial charge in [-0.2, -0.15) is 0 Å². The Bertz CT molecular complexity index is 450. The molecule has 2 rings (SSSR count). The Kier molecular flexibility index (Phi) is 3.66. The summed E-state index contributed by atoms with van der Waals surface area (Å²) in [6, 6.07) is 4.69. The van der Waals surface area contributed by atoms with E-state index in [1.165, 1.54) is 6.07 Å². The minimum Gasteiger partial charge on any atom is -0.330 e. The van der Waals surface area contributed by atoms with Crippen molar-refractivity contribution in [3.05, 3.63) is 29.6 Å². The van der Waals surface area contributed by atoms with Crippen LogP contribution in [0.15, 0.2) is 18.2 Å². The van der Waals surface area contributed by atoms with Gasteiger partial charge in [0.15, 0.2) is 0 Å². The SMILES string of the molecule is Cc1ccc(F)c(NC(=O)CC2(CN)CCC2)c1. The summed E-state index contributed by atoms with van der Waals surface area (Å²) in [6.45, 7) is 2.39. The number of amides is 1. The second kappa shape index (κ2) is 5.06. The molecule has 4 heteroatoms. The molecule has 0 aliphatic heterocycles. The summed E-state index contributed by atoms with van der Waals surface area (Å²) >= 11 is 0. The number of carbonyl (C=O) groups is 1. The molecule has 1 aliphatic carbocycles. The van der Waals surface area contributed by atoms with Crippen LogP contribution in [-0.2, 0) is 4.79 Å². The van der Waals surface area contributed by atoms with Gasteiger partial charge in [0.1, 0.15) is 5.82 Å². The number of aryl methyl sites for hydroxylation is 1. The Morgan fingerprint density at radius 3 is 2.78 bits per heavy atom. The molecular formula is C14H19FN2O. The van der Waals surface area contributed by atoms with E-state index in [-0.39, 0.29) is 17.0 Å². The molecule has 1 aliphatic rings. The maximum absolute atomic E-state index is 13.5. The van der Waals surface area contributed by atoms with Crippen molar-refractivity contribution < 1.29 is 9.18 Å². The molecule has 1 fully saturated rings. The van der Waals surface area contributed by atoms with Crippen molar-refractivity contribution in [2.24, 2.45) is 11.1 Å². The van der Waals surface area contributed by atoms with E-state index in [1.807, 2.05) is 6.92 Å². The molecule has 0 atom stereocenters. The van der Waals surface area contributed by atoms with Gasteiger partial charge in [-0.15, -0.1) is 0 Å². The topological polar surface area (TPSA) is 55.1 Å². The molecule has 0 aromatic heterocycles. The number of nitrogens with two attached hydrogens (primary N) is 1. The van der Waals surface area contributed by atoms with E-state index in [4.69, 9.17) is 5.73 Å². The fourth-order valence-electron chi connectivity index (χ4n) is 2.40. The Hall–Kier alpha value is -1.42. The summed E-state index contributed by atoms with van der Waals surface area (Å²) in [6.07, 6.45) is 3.50. The van der Waals surface area contributed by atoms with Gasteiger partial charge < -0.3 is 11.1 Å². The van der Waals surface area contributed by atoms with Crippen LogP contribution in [0.4, 0.5) is 10.1 Å². The molecule has 1 aromatic rings. The van der Waals surface area contributed by atoms with E-state index in [9.17, 15) is 9.18 Å². The van der Waals surface area contributed by atoms with E-state index >= 15 is 0 Å². The van der Waals surface area contributed by atoms with E-state index in [0.29, 0.717) is 13.0 Å². The zero-order valence-electron chi connectivity index (χ0n) is 10.6. The van der Waals surface area contributed by atoms with Gasteiger partial charge in [-0.05, 0) is 49.4 Å². The second-order valence-corrected chi connectivity index (χ2v) is 5.27. The van der Waals surface area contributed by atoms with Crippen LogP contribution in [-0.4, -0.2) is 12.5 Å². The molecule has 18 heavy (non-hydrogen) atoms. The number of halogens is 1. The van der Waals surface area contributed by atoms with Gasteiger partial charge in [0.05, 0.1) is 5.69 Å². The van der Waals surface area contributed by atoms with Crippen LogP contribution in [0.1, 0.15) is 31.2 Å². The van der Waals surface area contributed by atoms with E-state index in [1.54, 1.807) is 12.1 Å². The zero-order chi connectivity index (χ0) is 13.2. The van der Waals surface area contributed by atoms with Crippen LogP contribution in [0.5, 0.6) is 0 Å². The fraction of sp³-hybridized carbons (Fsp3) is 0.500. The first-order valence-corrected chi connectivity index (χ1v) is 6.31. The van der Waals surface area contributed by atoms with Crippen LogP contribution in [0.3, 0.4) is 0 Å². The number of hydrogen-bond acceptors (Lipinski definition) is 2. The predicted molar refractivity (Wildman–Crippen MR) is 69.7 cm³/mol. The molecule has 1 amide bonds. The molecule has 1 saturated carbocycles. The van der Waals surface area contributed by atoms with Crippen LogP contribution < -0.4 is 11.1 Å². The van der Waals surface area contributed by atoms with Crippen LogP contribution >= 0.6 is 0 Å². The minimum absolute atomic E-state index is 0.0512. The molecule has 98 valence electrons. The first-order valence-electron chi connectivity index (χ1n) is 6.31. The Labute approximate surface area is 107 Å². The molecular weight excluding hydrogens is 231 g/mol. The Morgan fingerprint density at radius 1 is 1.50 bits per heavy atom. The van der Waals surface area contributed by atoms with E-state index in [2.05, 4.69) is 5.32 Å². The third kappa shape index (κ3) is 2.70. The highest BCUT2D eigenvalue weighted by atomic mass is 19.1. The monoisotopic (exact) mass is 250 g/mol. The molecule has 0 radical (unpaired) electrons. The third-order valence-electron chi connectivity index (χ3n) is 3.78. The summed E-state index contributed by atoms with van der Waals surface area (Å²) in [5.74, 6) is -0.547. The highest BCUT2D eigenvalue weighted by molar-refractivity contribution is 5.91. The Morgan fingerprint density at radius 2 is 2.22 bits per heavy atom. The quantitative estimate of drug-likeness (QED) is 0.863. The number of nitrogens with one attached hydrogen (secondary N) is 1. The van der Waals surface area contributed by atoms with Gasteiger partial charge in [-0.1, -0.05) is 12.5 Å².